The molecule has 3 aromatic rings. The predicted octanol–water partition coefficient (Wildman–Crippen LogP) is 10.2. The highest BCUT2D eigenvalue weighted by Crippen LogP contribution is 2.39. The topological polar surface area (TPSA) is 47.6 Å². The molecule has 0 aromatic heterocycles. The van der Waals surface area contributed by atoms with Gasteiger partial charge in [-0.1, -0.05) is 123 Å². The fourth-order valence-electron chi connectivity index (χ4n) is 5.23. The Hall–Kier alpha value is -5.41. The molecule has 0 radical (unpaired) electrons. The van der Waals surface area contributed by atoms with Crippen molar-refractivity contribution in [2.24, 2.45) is 10.7 Å². The Morgan fingerprint density at radius 3 is 2.59 bits per heavy atom. The summed E-state index contributed by atoms with van der Waals surface area (Å²) < 4.78 is 6.12. The van der Waals surface area contributed by atoms with Crippen LogP contribution in [0.4, 0.5) is 0 Å². The van der Waals surface area contributed by atoms with Crippen molar-refractivity contribution in [1.29, 1.82) is 0 Å². The second-order valence-electron chi connectivity index (χ2n) is 10.8. The smallest absolute Gasteiger partial charge is 0.142 e. The molecule has 0 spiro atoms. The Bertz CT molecular complexity index is 1820. The van der Waals surface area contributed by atoms with Gasteiger partial charge in [0, 0.05) is 16.7 Å². The summed E-state index contributed by atoms with van der Waals surface area (Å²) in [6.45, 7) is 14.5. The second kappa shape index (κ2) is 14.2. The maximum absolute atomic E-state index is 6.24. The van der Waals surface area contributed by atoms with Crippen LogP contribution in [0, 0.1) is 0 Å². The third-order valence-corrected chi connectivity index (χ3v) is 7.58. The van der Waals surface area contributed by atoms with Crippen molar-refractivity contribution in [3.63, 3.8) is 0 Å². The quantitative estimate of drug-likeness (QED) is 0.157. The first-order valence-electron chi connectivity index (χ1n) is 14.9. The summed E-state index contributed by atoms with van der Waals surface area (Å²) in [7, 11) is 0. The number of benzene rings is 3. The van der Waals surface area contributed by atoms with Crippen molar-refractivity contribution >= 4 is 22.7 Å². The minimum Gasteiger partial charge on any atom is -0.464 e. The van der Waals surface area contributed by atoms with Crippen LogP contribution in [-0.4, -0.2) is 5.84 Å². The van der Waals surface area contributed by atoms with E-state index >= 15 is 0 Å². The Kier molecular flexibility index (Phi) is 9.68. The minimum absolute atomic E-state index is 0.502. The average Bonchev–Trinajstić information content (AvgIpc) is 3.04. The molecule has 0 saturated carbocycles. The fraction of sp³-hybridized carbons (Fsp3) is 0.0976. The molecule has 0 atom stereocenters. The van der Waals surface area contributed by atoms with Crippen LogP contribution >= 0.6 is 0 Å². The van der Waals surface area contributed by atoms with E-state index in [1.54, 1.807) is 6.26 Å². The van der Waals surface area contributed by atoms with Gasteiger partial charge in [-0.3, -0.25) is 0 Å². The van der Waals surface area contributed by atoms with E-state index in [1.807, 2.05) is 43.4 Å². The zero-order valence-electron chi connectivity index (χ0n) is 25.3. The van der Waals surface area contributed by atoms with E-state index in [0.29, 0.717) is 11.5 Å². The maximum Gasteiger partial charge on any atom is 0.142 e. The fourth-order valence-corrected chi connectivity index (χ4v) is 5.23. The third kappa shape index (κ3) is 7.32. The molecule has 5 rings (SSSR count). The summed E-state index contributed by atoms with van der Waals surface area (Å²) in [5, 5.41) is 0. The van der Waals surface area contributed by atoms with E-state index in [2.05, 4.69) is 110 Å². The number of amidine groups is 1. The first-order valence-corrected chi connectivity index (χ1v) is 14.9. The summed E-state index contributed by atoms with van der Waals surface area (Å²) in [6.07, 6.45) is 23.0. The number of nitrogens with two attached hydrogens (primary N) is 1. The van der Waals surface area contributed by atoms with Gasteiger partial charge >= 0.3 is 0 Å². The van der Waals surface area contributed by atoms with Gasteiger partial charge in [-0.05, 0) is 83.4 Å². The van der Waals surface area contributed by atoms with Gasteiger partial charge in [0.2, 0.25) is 0 Å². The summed E-state index contributed by atoms with van der Waals surface area (Å²) in [5.74, 6) is 1.31. The third-order valence-electron chi connectivity index (χ3n) is 7.58. The van der Waals surface area contributed by atoms with E-state index in [4.69, 9.17) is 10.5 Å². The molecule has 218 valence electrons. The van der Waals surface area contributed by atoms with Gasteiger partial charge in [-0.2, -0.15) is 0 Å². The van der Waals surface area contributed by atoms with Crippen LogP contribution in [0.15, 0.2) is 164 Å². The van der Waals surface area contributed by atoms with Gasteiger partial charge in [-0.15, -0.1) is 0 Å². The van der Waals surface area contributed by atoms with Crippen LogP contribution in [0.2, 0.25) is 0 Å². The highest BCUT2D eigenvalue weighted by Gasteiger charge is 2.15. The lowest BCUT2D eigenvalue weighted by Gasteiger charge is -2.17. The molecule has 3 heteroatoms. The molecule has 0 bridgehead atoms. The van der Waals surface area contributed by atoms with Gasteiger partial charge in [0.05, 0.1) is 12.0 Å². The molecule has 1 aliphatic heterocycles. The molecule has 44 heavy (non-hydrogen) atoms. The zero-order valence-corrected chi connectivity index (χ0v) is 25.3. The number of hydrogen-bond donors (Lipinski definition) is 1. The second-order valence-corrected chi connectivity index (χ2v) is 10.8. The molecule has 0 fully saturated rings. The average molecular weight is 575 g/mol. The van der Waals surface area contributed by atoms with Gasteiger partial charge < -0.3 is 10.5 Å². The molecule has 0 unspecified atom stereocenters. The SMILES string of the molecule is C=C/C(=C\C=C/Cc1cccc(C(=C)N=C(N)C2=CCCC=C2)c1)c1cccc(-c2cccc3c2O/C=C\C(C)=C/C3=C)c1. The first kappa shape index (κ1) is 30.1. The van der Waals surface area contributed by atoms with Crippen LogP contribution in [0.25, 0.3) is 28.0 Å². The summed E-state index contributed by atoms with van der Waals surface area (Å²) in [4.78, 5) is 4.57. The lowest BCUT2D eigenvalue weighted by Crippen LogP contribution is -2.14. The molecule has 3 nitrogen and oxygen atoms in total. The minimum atomic E-state index is 0.502. The Labute approximate surface area is 261 Å². The van der Waals surface area contributed by atoms with E-state index in [1.165, 1.54) is 5.56 Å². The predicted molar refractivity (Wildman–Crippen MR) is 189 cm³/mol. The van der Waals surface area contributed by atoms with E-state index in [9.17, 15) is 0 Å². The van der Waals surface area contributed by atoms with Gasteiger partial charge in [-0.25, -0.2) is 4.99 Å². The number of ether oxygens (including phenoxy) is 1. The summed E-state index contributed by atoms with van der Waals surface area (Å²) in [5.41, 5.74) is 17.2. The molecule has 3 aromatic carbocycles. The van der Waals surface area contributed by atoms with Crippen LogP contribution in [0.3, 0.4) is 0 Å². The molecular weight excluding hydrogens is 536 g/mol. The van der Waals surface area contributed by atoms with Crippen molar-refractivity contribution in [2.75, 3.05) is 0 Å². The number of aliphatic imine (C=N–C) groups is 1. The number of allylic oxidation sites excluding steroid dienone is 11. The van der Waals surface area contributed by atoms with Gasteiger partial charge in [0.1, 0.15) is 11.6 Å². The standard InChI is InChI=1S/C41H38N2O/c1-5-33(16-10-9-14-32-15-11-19-35(27-32)31(4)43-41(42)34-17-7-6-8-18-34)36-20-12-21-37(28-36)39-23-13-22-38-30(3)26-29(2)24-25-44-40(38)39/h5,7,9-13,15-28H,1,3-4,6,8,14H2,2H3,(H2,42,43)/b10-9-,25-24-,29-26-,33-16+. The summed E-state index contributed by atoms with van der Waals surface area (Å²) in [6, 6.07) is 22.9. The molecule has 1 heterocycles. The first-order chi connectivity index (χ1) is 21.4. The zero-order chi connectivity index (χ0) is 30.9. The number of fused-ring (bicyclic) bond motifs is 1. The number of nitrogens with zero attached hydrogens (tertiary/aromatic N) is 1. The highest BCUT2D eigenvalue weighted by molar-refractivity contribution is 6.02. The van der Waals surface area contributed by atoms with Crippen LogP contribution in [0.1, 0.15) is 42.0 Å². The van der Waals surface area contributed by atoms with Crippen molar-refractivity contribution in [3.8, 4) is 16.9 Å². The highest BCUT2D eigenvalue weighted by atomic mass is 16.5. The Balaban J connectivity index is 1.31. The van der Waals surface area contributed by atoms with E-state index in [-0.39, 0.29) is 0 Å². The van der Waals surface area contributed by atoms with Gasteiger partial charge in [0.25, 0.3) is 0 Å². The largest absolute Gasteiger partial charge is 0.464 e. The monoisotopic (exact) mass is 574 g/mol. The molecule has 0 saturated heterocycles. The lowest BCUT2D eigenvalue weighted by molar-refractivity contribution is 0.481. The molecule has 0 amide bonds. The summed E-state index contributed by atoms with van der Waals surface area (Å²) >= 11 is 0. The maximum atomic E-state index is 6.24. The number of hydrogen-bond acceptors (Lipinski definition) is 2. The van der Waals surface area contributed by atoms with E-state index < -0.39 is 0 Å². The van der Waals surface area contributed by atoms with Crippen molar-refractivity contribution < 1.29 is 4.74 Å². The molecule has 2 aliphatic rings. The van der Waals surface area contributed by atoms with Crippen molar-refractivity contribution in [3.05, 3.63) is 181 Å². The van der Waals surface area contributed by atoms with Gasteiger partial charge in [0.15, 0.2) is 0 Å². The Morgan fingerprint density at radius 1 is 0.977 bits per heavy atom. The molecular formula is C41H38N2O. The van der Waals surface area contributed by atoms with Crippen LogP contribution in [0.5, 0.6) is 5.75 Å². The molecule has 1 aliphatic carbocycles. The number of para-hydroxylation sites is 1. The number of rotatable bonds is 9. The van der Waals surface area contributed by atoms with E-state index in [0.717, 1.165) is 75.1 Å². The van der Waals surface area contributed by atoms with Crippen LogP contribution < -0.4 is 10.5 Å². The van der Waals surface area contributed by atoms with Crippen molar-refractivity contribution in [2.45, 2.75) is 26.2 Å². The van der Waals surface area contributed by atoms with Crippen molar-refractivity contribution in [1.82, 2.24) is 0 Å². The molecule has 2 N–H and O–H groups in total. The van der Waals surface area contributed by atoms with Crippen LogP contribution in [-0.2, 0) is 6.42 Å². The lowest BCUT2D eigenvalue weighted by atomic mass is 9.94. The Morgan fingerprint density at radius 2 is 1.77 bits per heavy atom. The normalized spacial score (nSPS) is 17.1.